The van der Waals surface area contributed by atoms with Crippen LogP contribution in [0.5, 0.6) is 5.75 Å². The number of benzene rings is 1. The summed E-state index contributed by atoms with van der Waals surface area (Å²) in [5.41, 5.74) is 0.665. The Morgan fingerprint density at radius 2 is 1.88 bits per heavy atom. The van der Waals surface area contributed by atoms with Crippen molar-refractivity contribution < 1.29 is 17.9 Å². The van der Waals surface area contributed by atoms with Crippen LogP contribution in [0.1, 0.15) is 19.4 Å². The molecule has 0 atom stereocenters. The summed E-state index contributed by atoms with van der Waals surface area (Å²) in [5.74, 6) is 0.606. The van der Waals surface area contributed by atoms with Crippen LogP contribution in [0.4, 0.5) is 0 Å². The summed E-state index contributed by atoms with van der Waals surface area (Å²) < 4.78 is 32.4. The van der Waals surface area contributed by atoms with Gasteiger partial charge in [0, 0.05) is 32.2 Å². The third kappa shape index (κ3) is 4.93. The highest BCUT2D eigenvalue weighted by Crippen LogP contribution is 2.24. The third-order valence-corrected chi connectivity index (χ3v) is 6.21. The maximum Gasteiger partial charge on any atom is 0.243 e. The second-order valence-electron chi connectivity index (χ2n) is 6.53. The van der Waals surface area contributed by atoms with Crippen molar-refractivity contribution in [1.29, 1.82) is 0 Å². The van der Waals surface area contributed by atoms with Crippen molar-refractivity contribution in [1.82, 2.24) is 14.5 Å². The van der Waals surface area contributed by atoms with E-state index in [9.17, 15) is 13.2 Å². The molecule has 140 valence electrons. The molecule has 25 heavy (non-hydrogen) atoms. The largest absolute Gasteiger partial charge is 0.497 e. The van der Waals surface area contributed by atoms with E-state index in [2.05, 4.69) is 5.32 Å². The monoisotopic (exact) mass is 369 g/mol. The molecule has 0 bridgehead atoms. The fraction of sp³-hybridized carbons (Fsp3) is 0.588. The van der Waals surface area contributed by atoms with Gasteiger partial charge in [0.1, 0.15) is 5.75 Å². The Morgan fingerprint density at radius 3 is 2.40 bits per heavy atom. The van der Waals surface area contributed by atoms with E-state index >= 15 is 0 Å². The molecule has 1 N–H and O–H groups in total. The molecule has 2 rings (SSSR count). The summed E-state index contributed by atoms with van der Waals surface area (Å²) in [6, 6.07) is 5.07. The van der Waals surface area contributed by atoms with Gasteiger partial charge in [-0.1, -0.05) is 0 Å². The lowest BCUT2D eigenvalue weighted by molar-refractivity contribution is -0.123. The number of nitrogens with zero attached hydrogens (tertiary/aromatic N) is 2. The number of methoxy groups -OCH3 is 1. The number of carbonyl (C=O) groups excluding carboxylic acids is 1. The normalized spacial score (nSPS) is 16.8. The zero-order valence-electron chi connectivity index (χ0n) is 15.3. The van der Waals surface area contributed by atoms with E-state index < -0.39 is 10.0 Å². The molecule has 1 aromatic carbocycles. The van der Waals surface area contributed by atoms with Crippen molar-refractivity contribution in [2.75, 3.05) is 39.8 Å². The van der Waals surface area contributed by atoms with E-state index in [0.29, 0.717) is 48.9 Å². The summed E-state index contributed by atoms with van der Waals surface area (Å²) in [5, 5.41) is 2.85. The van der Waals surface area contributed by atoms with Crippen molar-refractivity contribution in [2.24, 2.45) is 0 Å². The summed E-state index contributed by atoms with van der Waals surface area (Å²) in [6.07, 6.45) is 0. The van der Waals surface area contributed by atoms with Gasteiger partial charge >= 0.3 is 0 Å². The van der Waals surface area contributed by atoms with Crippen LogP contribution in [0.3, 0.4) is 0 Å². The van der Waals surface area contributed by atoms with E-state index in [0.717, 1.165) is 0 Å². The Bertz CT molecular complexity index is 711. The number of piperazine rings is 1. The topological polar surface area (TPSA) is 79.0 Å². The van der Waals surface area contributed by atoms with Crippen LogP contribution >= 0.6 is 0 Å². The van der Waals surface area contributed by atoms with Crippen LogP contribution in [-0.4, -0.2) is 69.4 Å². The number of aryl methyl sites for hydroxylation is 1. The molecule has 1 aliphatic heterocycles. The van der Waals surface area contributed by atoms with E-state index in [-0.39, 0.29) is 11.9 Å². The summed E-state index contributed by atoms with van der Waals surface area (Å²) in [7, 11) is -1.98. The minimum absolute atomic E-state index is 0.0303. The highest BCUT2D eigenvalue weighted by atomic mass is 32.2. The van der Waals surface area contributed by atoms with Gasteiger partial charge in [0.2, 0.25) is 15.9 Å². The molecule has 0 saturated carbocycles. The molecule has 1 aliphatic rings. The third-order valence-electron chi connectivity index (χ3n) is 4.15. The first-order valence-electron chi connectivity index (χ1n) is 8.40. The zero-order valence-corrected chi connectivity index (χ0v) is 16.1. The Balaban J connectivity index is 2.01. The lowest BCUT2D eigenvalue weighted by Crippen LogP contribution is -2.51. The highest BCUT2D eigenvalue weighted by Gasteiger charge is 2.30. The minimum Gasteiger partial charge on any atom is -0.497 e. The van der Waals surface area contributed by atoms with Gasteiger partial charge in [-0.2, -0.15) is 4.31 Å². The molecule has 0 aliphatic carbocycles. The van der Waals surface area contributed by atoms with Crippen LogP contribution in [0, 0.1) is 6.92 Å². The van der Waals surface area contributed by atoms with Crippen molar-refractivity contribution >= 4 is 15.9 Å². The maximum absolute atomic E-state index is 12.9. The molecule has 1 fully saturated rings. The molecule has 1 amide bonds. The number of ether oxygens (including phenoxy) is 1. The molecule has 1 aromatic rings. The Labute approximate surface area is 150 Å². The number of sulfonamides is 1. The smallest absolute Gasteiger partial charge is 0.243 e. The average Bonchev–Trinajstić information content (AvgIpc) is 2.54. The molecule has 1 heterocycles. The van der Waals surface area contributed by atoms with E-state index in [1.54, 1.807) is 32.2 Å². The van der Waals surface area contributed by atoms with Gasteiger partial charge in [-0.3, -0.25) is 9.69 Å². The lowest BCUT2D eigenvalue weighted by atomic mass is 10.2. The van der Waals surface area contributed by atoms with Gasteiger partial charge in [0.05, 0.1) is 18.6 Å². The van der Waals surface area contributed by atoms with Gasteiger partial charge in [-0.25, -0.2) is 8.42 Å². The number of carbonyl (C=O) groups is 1. The summed E-state index contributed by atoms with van der Waals surface area (Å²) in [6.45, 7) is 7.74. The lowest BCUT2D eigenvalue weighted by Gasteiger charge is -2.33. The first kappa shape index (κ1) is 19.7. The van der Waals surface area contributed by atoms with Crippen LogP contribution < -0.4 is 10.1 Å². The maximum atomic E-state index is 12.9. The van der Waals surface area contributed by atoms with Crippen LogP contribution in [0.2, 0.25) is 0 Å². The number of rotatable bonds is 6. The minimum atomic E-state index is -3.54. The van der Waals surface area contributed by atoms with E-state index in [4.69, 9.17) is 4.74 Å². The van der Waals surface area contributed by atoms with Gasteiger partial charge in [0.15, 0.2) is 0 Å². The Hall–Kier alpha value is -1.64. The standard InChI is InChI=1S/C17H27N3O4S/c1-13(2)18-17(21)12-19-7-9-20(10-8-19)25(22,23)16-6-5-15(24-4)11-14(16)3/h5-6,11,13H,7-10,12H2,1-4H3,(H,18,21). The number of amides is 1. The summed E-state index contributed by atoms with van der Waals surface area (Å²) in [4.78, 5) is 14.1. The fourth-order valence-electron chi connectivity index (χ4n) is 2.88. The second-order valence-corrected chi connectivity index (χ2v) is 8.44. The number of hydrogen-bond donors (Lipinski definition) is 1. The molecule has 7 nitrogen and oxygen atoms in total. The van der Waals surface area contributed by atoms with Crippen molar-refractivity contribution in [2.45, 2.75) is 31.7 Å². The van der Waals surface area contributed by atoms with Gasteiger partial charge in [0.25, 0.3) is 0 Å². The molecule has 0 unspecified atom stereocenters. The van der Waals surface area contributed by atoms with Crippen LogP contribution in [0.15, 0.2) is 23.1 Å². The average molecular weight is 369 g/mol. The first-order chi connectivity index (χ1) is 11.7. The van der Waals surface area contributed by atoms with Crippen molar-refractivity contribution in [3.05, 3.63) is 23.8 Å². The highest BCUT2D eigenvalue weighted by molar-refractivity contribution is 7.89. The van der Waals surface area contributed by atoms with E-state index in [1.165, 1.54) is 4.31 Å². The molecular weight excluding hydrogens is 342 g/mol. The van der Waals surface area contributed by atoms with E-state index in [1.807, 2.05) is 18.7 Å². The second kappa shape index (κ2) is 8.16. The molecule has 1 saturated heterocycles. The van der Waals surface area contributed by atoms with Crippen molar-refractivity contribution in [3.8, 4) is 5.75 Å². The van der Waals surface area contributed by atoms with Gasteiger partial charge in [-0.15, -0.1) is 0 Å². The first-order valence-corrected chi connectivity index (χ1v) is 9.84. The molecular formula is C17H27N3O4S. The SMILES string of the molecule is COc1ccc(S(=O)(=O)N2CCN(CC(=O)NC(C)C)CC2)c(C)c1. The summed E-state index contributed by atoms with van der Waals surface area (Å²) >= 11 is 0. The predicted molar refractivity (Wildman–Crippen MR) is 96.2 cm³/mol. The fourth-order valence-corrected chi connectivity index (χ4v) is 4.50. The van der Waals surface area contributed by atoms with Crippen LogP contribution in [0.25, 0.3) is 0 Å². The number of nitrogens with one attached hydrogen (secondary N) is 1. The molecule has 0 spiro atoms. The zero-order chi connectivity index (χ0) is 18.6. The molecule has 0 radical (unpaired) electrons. The molecule has 0 aromatic heterocycles. The predicted octanol–water partition coefficient (Wildman–Crippen LogP) is 0.835. The quantitative estimate of drug-likeness (QED) is 0.804. The Kier molecular flexibility index (Phi) is 6.42. The van der Waals surface area contributed by atoms with Crippen molar-refractivity contribution in [3.63, 3.8) is 0 Å². The molecule has 8 heteroatoms. The van der Waals surface area contributed by atoms with Gasteiger partial charge in [-0.05, 0) is 44.5 Å². The Morgan fingerprint density at radius 1 is 1.24 bits per heavy atom. The van der Waals surface area contributed by atoms with Crippen LogP contribution in [-0.2, 0) is 14.8 Å². The number of hydrogen-bond acceptors (Lipinski definition) is 5. The van der Waals surface area contributed by atoms with Gasteiger partial charge < -0.3 is 10.1 Å².